The minimum atomic E-state index is -0.227. The van der Waals surface area contributed by atoms with E-state index < -0.39 is 0 Å². The Hall–Kier alpha value is -2.23. The van der Waals surface area contributed by atoms with Crippen molar-refractivity contribution in [1.82, 2.24) is 0 Å². The summed E-state index contributed by atoms with van der Waals surface area (Å²) in [5.41, 5.74) is 1.93. The minimum absolute atomic E-state index is 0.227. The van der Waals surface area contributed by atoms with Crippen LogP contribution in [-0.2, 0) is 6.54 Å². The molecule has 100 valence electrons. The maximum Gasteiger partial charge on any atom is 0.162 e. The molecule has 19 heavy (non-hydrogen) atoms. The van der Waals surface area contributed by atoms with Gasteiger partial charge < -0.3 is 14.8 Å². The van der Waals surface area contributed by atoms with Gasteiger partial charge in [0.25, 0.3) is 0 Å². The van der Waals surface area contributed by atoms with Gasteiger partial charge in [-0.05, 0) is 29.8 Å². The van der Waals surface area contributed by atoms with Crippen molar-refractivity contribution in [3.8, 4) is 11.5 Å². The molecule has 0 bridgehead atoms. The zero-order valence-electron chi connectivity index (χ0n) is 10.9. The highest BCUT2D eigenvalue weighted by Gasteiger charge is 2.04. The Labute approximate surface area is 112 Å². The molecule has 0 aromatic heterocycles. The summed E-state index contributed by atoms with van der Waals surface area (Å²) in [6, 6.07) is 12.0. The number of rotatable bonds is 5. The molecule has 0 amide bonds. The number of anilines is 1. The van der Waals surface area contributed by atoms with E-state index in [-0.39, 0.29) is 5.82 Å². The normalized spacial score (nSPS) is 10.1. The SMILES string of the molecule is COc1ccc(NCc2ccc(F)cc2)cc1OC. The van der Waals surface area contributed by atoms with Crippen molar-refractivity contribution in [2.45, 2.75) is 6.54 Å². The Balaban J connectivity index is 2.05. The summed E-state index contributed by atoms with van der Waals surface area (Å²) in [7, 11) is 3.20. The fourth-order valence-electron chi connectivity index (χ4n) is 1.75. The molecule has 0 aliphatic rings. The molecule has 2 rings (SSSR count). The average molecular weight is 261 g/mol. The van der Waals surface area contributed by atoms with Crippen LogP contribution in [-0.4, -0.2) is 14.2 Å². The monoisotopic (exact) mass is 261 g/mol. The van der Waals surface area contributed by atoms with Crippen LogP contribution in [0.5, 0.6) is 11.5 Å². The highest BCUT2D eigenvalue weighted by atomic mass is 19.1. The number of methoxy groups -OCH3 is 2. The maximum absolute atomic E-state index is 12.8. The Morgan fingerprint density at radius 2 is 1.63 bits per heavy atom. The van der Waals surface area contributed by atoms with Crippen LogP contribution in [0.1, 0.15) is 5.56 Å². The van der Waals surface area contributed by atoms with Gasteiger partial charge in [-0.1, -0.05) is 12.1 Å². The van der Waals surface area contributed by atoms with E-state index >= 15 is 0 Å². The summed E-state index contributed by atoms with van der Waals surface area (Å²) in [5, 5.41) is 3.25. The quantitative estimate of drug-likeness (QED) is 0.894. The first-order valence-electron chi connectivity index (χ1n) is 5.93. The molecule has 0 unspecified atom stereocenters. The fourth-order valence-corrected chi connectivity index (χ4v) is 1.75. The smallest absolute Gasteiger partial charge is 0.162 e. The van der Waals surface area contributed by atoms with Gasteiger partial charge in [0.05, 0.1) is 14.2 Å². The van der Waals surface area contributed by atoms with E-state index in [4.69, 9.17) is 9.47 Å². The Kier molecular flexibility index (Phi) is 4.23. The summed E-state index contributed by atoms with van der Waals surface area (Å²) >= 11 is 0. The van der Waals surface area contributed by atoms with Crippen LogP contribution < -0.4 is 14.8 Å². The summed E-state index contributed by atoms with van der Waals surface area (Å²) in [5.74, 6) is 1.14. The highest BCUT2D eigenvalue weighted by molar-refractivity contribution is 5.54. The predicted octanol–water partition coefficient (Wildman–Crippen LogP) is 3.46. The van der Waals surface area contributed by atoms with Gasteiger partial charge in [0.1, 0.15) is 5.82 Å². The second-order valence-corrected chi connectivity index (χ2v) is 4.05. The van der Waals surface area contributed by atoms with E-state index in [0.717, 1.165) is 11.3 Å². The molecule has 3 nitrogen and oxygen atoms in total. The van der Waals surface area contributed by atoms with Crippen LogP contribution in [0.2, 0.25) is 0 Å². The molecular weight excluding hydrogens is 245 g/mol. The van der Waals surface area contributed by atoms with Crippen LogP contribution >= 0.6 is 0 Å². The first-order valence-corrected chi connectivity index (χ1v) is 5.93. The number of halogens is 1. The van der Waals surface area contributed by atoms with Gasteiger partial charge in [-0.2, -0.15) is 0 Å². The third-order valence-corrected chi connectivity index (χ3v) is 2.79. The van der Waals surface area contributed by atoms with E-state index in [2.05, 4.69) is 5.32 Å². The van der Waals surface area contributed by atoms with E-state index in [0.29, 0.717) is 18.0 Å². The van der Waals surface area contributed by atoms with E-state index in [1.54, 1.807) is 26.4 Å². The molecule has 0 saturated carbocycles. The average Bonchev–Trinajstić information content (AvgIpc) is 2.46. The lowest BCUT2D eigenvalue weighted by molar-refractivity contribution is 0.355. The number of benzene rings is 2. The summed E-state index contributed by atoms with van der Waals surface area (Å²) in [6.07, 6.45) is 0. The van der Waals surface area contributed by atoms with Gasteiger partial charge >= 0.3 is 0 Å². The van der Waals surface area contributed by atoms with Crippen molar-refractivity contribution in [2.24, 2.45) is 0 Å². The fraction of sp³-hybridized carbons (Fsp3) is 0.200. The van der Waals surface area contributed by atoms with Crippen molar-refractivity contribution in [3.63, 3.8) is 0 Å². The molecule has 2 aromatic rings. The molecule has 0 aliphatic carbocycles. The zero-order valence-corrected chi connectivity index (χ0v) is 10.9. The molecule has 0 spiro atoms. The molecule has 0 fully saturated rings. The Morgan fingerprint density at radius 3 is 2.26 bits per heavy atom. The molecule has 0 aliphatic heterocycles. The second kappa shape index (κ2) is 6.09. The third-order valence-electron chi connectivity index (χ3n) is 2.79. The standard InChI is InChI=1S/C15H16FNO2/c1-18-14-8-7-13(9-15(14)19-2)17-10-11-3-5-12(16)6-4-11/h3-9,17H,10H2,1-2H3. The van der Waals surface area contributed by atoms with Gasteiger partial charge in [0.15, 0.2) is 11.5 Å². The number of ether oxygens (including phenoxy) is 2. The Bertz CT molecular complexity index is 540. The summed E-state index contributed by atoms with van der Waals surface area (Å²) in [6.45, 7) is 0.621. The molecule has 1 N–H and O–H groups in total. The van der Waals surface area contributed by atoms with Crippen LogP contribution in [0, 0.1) is 5.82 Å². The van der Waals surface area contributed by atoms with Crippen LogP contribution in [0.4, 0.5) is 10.1 Å². The lowest BCUT2D eigenvalue weighted by Crippen LogP contribution is -2.00. The van der Waals surface area contributed by atoms with Gasteiger partial charge in [0, 0.05) is 18.3 Å². The van der Waals surface area contributed by atoms with E-state index in [1.165, 1.54) is 12.1 Å². The molecule has 0 radical (unpaired) electrons. The van der Waals surface area contributed by atoms with Gasteiger partial charge in [-0.15, -0.1) is 0 Å². The highest BCUT2D eigenvalue weighted by Crippen LogP contribution is 2.29. The lowest BCUT2D eigenvalue weighted by atomic mass is 10.2. The van der Waals surface area contributed by atoms with Crippen molar-refractivity contribution in [2.75, 3.05) is 19.5 Å². The zero-order chi connectivity index (χ0) is 13.7. The van der Waals surface area contributed by atoms with Crippen LogP contribution in [0.15, 0.2) is 42.5 Å². The van der Waals surface area contributed by atoms with Gasteiger partial charge in [-0.25, -0.2) is 4.39 Å². The van der Waals surface area contributed by atoms with Crippen molar-refractivity contribution >= 4 is 5.69 Å². The summed E-state index contributed by atoms with van der Waals surface area (Å²) < 4.78 is 23.2. The molecule has 4 heteroatoms. The topological polar surface area (TPSA) is 30.5 Å². The van der Waals surface area contributed by atoms with E-state index in [1.807, 2.05) is 18.2 Å². The number of hydrogen-bond acceptors (Lipinski definition) is 3. The molecular formula is C15H16FNO2. The predicted molar refractivity (Wildman–Crippen MR) is 73.3 cm³/mol. The van der Waals surface area contributed by atoms with Crippen LogP contribution in [0.3, 0.4) is 0 Å². The summed E-state index contributed by atoms with van der Waals surface area (Å²) in [4.78, 5) is 0. The second-order valence-electron chi connectivity index (χ2n) is 4.05. The third kappa shape index (κ3) is 3.37. The number of nitrogens with one attached hydrogen (secondary N) is 1. The molecule has 0 saturated heterocycles. The van der Waals surface area contributed by atoms with Gasteiger partial charge in [-0.3, -0.25) is 0 Å². The molecule has 0 atom stereocenters. The van der Waals surface area contributed by atoms with Crippen molar-refractivity contribution < 1.29 is 13.9 Å². The van der Waals surface area contributed by atoms with Gasteiger partial charge in [0.2, 0.25) is 0 Å². The van der Waals surface area contributed by atoms with Crippen molar-refractivity contribution in [1.29, 1.82) is 0 Å². The van der Waals surface area contributed by atoms with Crippen molar-refractivity contribution in [3.05, 3.63) is 53.8 Å². The lowest BCUT2D eigenvalue weighted by Gasteiger charge is -2.11. The first-order chi connectivity index (χ1) is 9.22. The maximum atomic E-state index is 12.8. The van der Waals surface area contributed by atoms with E-state index in [9.17, 15) is 4.39 Å². The molecule has 2 aromatic carbocycles. The van der Waals surface area contributed by atoms with Crippen LogP contribution in [0.25, 0.3) is 0 Å². The first kappa shape index (κ1) is 13.2. The number of hydrogen-bond donors (Lipinski definition) is 1. The minimum Gasteiger partial charge on any atom is -0.493 e. The largest absolute Gasteiger partial charge is 0.493 e. The molecule has 0 heterocycles. The Morgan fingerprint density at radius 1 is 0.947 bits per heavy atom.